The topological polar surface area (TPSA) is 38.3 Å². The van der Waals surface area contributed by atoms with Gasteiger partial charge in [-0.2, -0.15) is 0 Å². The highest BCUT2D eigenvalue weighted by molar-refractivity contribution is 5.78. The van der Waals surface area contributed by atoms with Gasteiger partial charge in [-0.25, -0.2) is 0 Å². The summed E-state index contributed by atoms with van der Waals surface area (Å²) in [5.41, 5.74) is 1.94. The molecule has 1 aliphatic heterocycles. The molecule has 1 saturated heterocycles. The first-order chi connectivity index (χ1) is 8.00. The molecule has 92 valence electrons. The molecule has 0 saturated carbocycles. The Morgan fingerprint density at radius 1 is 1.24 bits per heavy atom. The lowest BCUT2D eigenvalue weighted by Gasteiger charge is -2.16. The molecule has 3 nitrogen and oxygen atoms in total. The number of cyclic esters (lactones) is 1. The molecule has 1 unspecified atom stereocenters. The van der Waals surface area contributed by atoms with E-state index in [0.29, 0.717) is 6.42 Å². The molecule has 0 aliphatic carbocycles. The number of aryl methyl sites for hydroxylation is 1. The smallest absolute Gasteiger partial charge is 0.325 e. The van der Waals surface area contributed by atoms with Gasteiger partial charge in [0.05, 0.1) is 0 Å². The minimum Gasteiger partial charge on any atom is -0.443 e. The first-order valence-corrected chi connectivity index (χ1v) is 6.08. The van der Waals surface area contributed by atoms with Gasteiger partial charge >= 0.3 is 5.97 Å². The second-order valence-electron chi connectivity index (χ2n) is 5.00. The predicted molar refractivity (Wildman–Crippen MR) is 66.6 cm³/mol. The van der Waals surface area contributed by atoms with Crippen LogP contribution in [0.3, 0.4) is 0 Å². The molecule has 1 fully saturated rings. The van der Waals surface area contributed by atoms with Crippen LogP contribution < -0.4 is 5.32 Å². The van der Waals surface area contributed by atoms with Crippen molar-refractivity contribution < 1.29 is 9.53 Å². The largest absolute Gasteiger partial charge is 0.443 e. The Labute approximate surface area is 102 Å². The van der Waals surface area contributed by atoms with Gasteiger partial charge in [0.25, 0.3) is 0 Å². The first-order valence-electron chi connectivity index (χ1n) is 6.08. The summed E-state index contributed by atoms with van der Waals surface area (Å²) in [4.78, 5) is 11.6. The predicted octanol–water partition coefficient (Wildman–Crippen LogP) is 2.04. The zero-order chi connectivity index (χ0) is 12.5. The van der Waals surface area contributed by atoms with E-state index in [1.807, 2.05) is 13.8 Å². The molecule has 1 aromatic rings. The Bertz CT molecular complexity index is 409. The molecule has 1 N–H and O–H groups in total. The van der Waals surface area contributed by atoms with Crippen LogP contribution in [0.5, 0.6) is 0 Å². The lowest BCUT2D eigenvalue weighted by molar-refractivity contribution is -0.147. The second-order valence-corrected chi connectivity index (χ2v) is 5.00. The molecule has 0 spiro atoms. The Morgan fingerprint density at radius 3 is 2.29 bits per heavy atom. The fraction of sp³-hybridized carbons (Fsp3) is 0.500. The summed E-state index contributed by atoms with van der Waals surface area (Å²) in [5, 5.41) is 3.19. The minimum atomic E-state index is -0.537. The van der Waals surface area contributed by atoms with Gasteiger partial charge in [-0.15, -0.1) is 0 Å². The lowest BCUT2D eigenvalue weighted by atomic mass is 10.0. The molecular formula is C14H19NO2. The Balaban J connectivity index is 2.03. The number of benzene rings is 1. The average Bonchev–Trinajstić information content (AvgIpc) is 2.53. The number of carbonyl (C=O) groups is 1. The normalized spacial score (nSPS) is 22.5. The van der Waals surface area contributed by atoms with E-state index in [1.54, 1.807) is 0 Å². The molecule has 1 heterocycles. The van der Waals surface area contributed by atoms with Crippen LogP contribution >= 0.6 is 0 Å². The third-order valence-electron chi connectivity index (χ3n) is 3.03. The quantitative estimate of drug-likeness (QED) is 0.812. The molecular weight excluding hydrogens is 214 g/mol. The highest BCUT2D eigenvalue weighted by atomic mass is 16.6. The Morgan fingerprint density at radius 2 is 1.82 bits per heavy atom. The van der Waals surface area contributed by atoms with Crippen LogP contribution in [0.1, 0.15) is 31.9 Å². The molecule has 1 aliphatic rings. The fourth-order valence-electron chi connectivity index (χ4n) is 2.11. The summed E-state index contributed by atoms with van der Waals surface area (Å²) >= 11 is 0. The van der Waals surface area contributed by atoms with Crippen molar-refractivity contribution in [3.05, 3.63) is 35.4 Å². The van der Waals surface area contributed by atoms with Crippen LogP contribution in [-0.4, -0.2) is 17.7 Å². The van der Waals surface area contributed by atoms with Crippen LogP contribution in [-0.2, 0) is 22.4 Å². The molecule has 2 rings (SSSR count). The maximum absolute atomic E-state index is 11.6. The zero-order valence-corrected chi connectivity index (χ0v) is 10.6. The van der Waals surface area contributed by atoms with Crippen molar-refractivity contribution >= 4 is 5.97 Å². The summed E-state index contributed by atoms with van der Waals surface area (Å²) < 4.78 is 5.23. The molecule has 1 aromatic carbocycles. The third-order valence-corrected chi connectivity index (χ3v) is 3.03. The van der Waals surface area contributed by atoms with E-state index < -0.39 is 5.72 Å². The van der Waals surface area contributed by atoms with Crippen molar-refractivity contribution in [2.45, 2.75) is 45.4 Å². The van der Waals surface area contributed by atoms with E-state index in [0.717, 1.165) is 12.0 Å². The minimum absolute atomic E-state index is 0.158. The van der Waals surface area contributed by atoms with Gasteiger partial charge in [-0.05, 0) is 37.8 Å². The molecule has 0 radical (unpaired) electrons. The molecule has 0 aromatic heterocycles. The summed E-state index contributed by atoms with van der Waals surface area (Å²) in [5.74, 6) is -0.158. The number of hydrogen-bond acceptors (Lipinski definition) is 3. The second kappa shape index (κ2) is 4.49. The summed E-state index contributed by atoms with van der Waals surface area (Å²) in [6.07, 6.45) is 1.73. The van der Waals surface area contributed by atoms with E-state index in [9.17, 15) is 4.79 Å². The molecule has 3 heteroatoms. The van der Waals surface area contributed by atoms with Crippen molar-refractivity contribution in [2.75, 3.05) is 0 Å². The fourth-order valence-corrected chi connectivity index (χ4v) is 2.11. The summed E-state index contributed by atoms with van der Waals surface area (Å²) in [7, 11) is 0. The van der Waals surface area contributed by atoms with Crippen molar-refractivity contribution in [2.24, 2.45) is 0 Å². The number of esters is 1. The Hall–Kier alpha value is -1.35. The lowest BCUT2D eigenvalue weighted by Crippen LogP contribution is -2.39. The van der Waals surface area contributed by atoms with E-state index in [2.05, 4.69) is 36.5 Å². The van der Waals surface area contributed by atoms with Crippen LogP contribution in [0, 0.1) is 0 Å². The average molecular weight is 233 g/mol. The van der Waals surface area contributed by atoms with E-state index >= 15 is 0 Å². The first kappa shape index (κ1) is 12.1. The summed E-state index contributed by atoms with van der Waals surface area (Å²) in [6, 6.07) is 8.16. The maximum Gasteiger partial charge on any atom is 0.325 e. The number of hydrogen-bond donors (Lipinski definition) is 1. The monoisotopic (exact) mass is 233 g/mol. The van der Waals surface area contributed by atoms with E-state index in [-0.39, 0.29) is 12.0 Å². The van der Waals surface area contributed by atoms with E-state index in [4.69, 9.17) is 4.74 Å². The Kier molecular flexibility index (Phi) is 3.20. The van der Waals surface area contributed by atoms with Crippen molar-refractivity contribution in [1.29, 1.82) is 0 Å². The number of nitrogens with one attached hydrogen (secondary N) is 1. The molecule has 0 amide bonds. The zero-order valence-electron chi connectivity index (χ0n) is 10.6. The van der Waals surface area contributed by atoms with E-state index in [1.165, 1.54) is 5.56 Å². The molecule has 1 atom stereocenters. The van der Waals surface area contributed by atoms with Crippen molar-refractivity contribution in [3.63, 3.8) is 0 Å². The highest BCUT2D eigenvalue weighted by Gasteiger charge is 2.38. The maximum atomic E-state index is 11.6. The number of ether oxygens (including phenoxy) is 1. The van der Waals surface area contributed by atoms with Gasteiger partial charge in [0.2, 0.25) is 0 Å². The molecule has 17 heavy (non-hydrogen) atoms. The van der Waals surface area contributed by atoms with Gasteiger partial charge < -0.3 is 4.74 Å². The summed E-state index contributed by atoms with van der Waals surface area (Å²) in [6.45, 7) is 5.86. The number of rotatable bonds is 3. The van der Waals surface area contributed by atoms with Gasteiger partial charge in [0.15, 0.2) is 5.72 Å². The van der Waals surface area contributed by atoms with Crippen molar-refractivity contribution in [3.8, 4) is 0 Å². The van der Waals surface area contributed by atoms with Gasteiger partial charge in [-0.3, -0.25) is 10.1 Å². The van der Waals surface area contributed by atoms with Crippen LogP contribution in [0.25, 0.3) is 0 Å². The van der Waals surface area contributed by atoms with Gasteiger partial charge in [-0.1, -0.05) is 31.2 Å². The third kappa shape index (κ3) is 2.86. The van der Waals surface area contributed by atoms with Crippen LogP contribution in [0.15, 0.2) is 24.3 Å². The van der Waals surface area contributed by atoms with Crippen LogP contribution in [0.2, 0.25) is 0 Å². The highest BCUT2D eigenvalue weighted by Crippen LogP contribution is 2.19. The number of carbonyl (C=O) groups excluding carboxylic acids is 1. The van der Waals surface area contributed by atoms with Crippen LogP contribution in [0.4, 0.5) is 0 Å². The van der Waals surface area contributed by atoms with Crippen molar-refractivity contribution in [1.82, 2.24) is 5.32 Å². The van der Waals surface area contributed by atoms with Gasteiger partial charge in [0.1, 0.15) is 6.04 Å². The SMILES string of the molecule is CCc1ccc(CC2NC(C)(C)OC2=O)cc1. The van der Waals surface area contributed by atoms with Gasteiger partial charge in [0, 0.05) is 0 Å². The standard InChI is InChI=1S/C14H19NO2/c1-4-10-5-7-11(8-6-10)9-12-13(16)17-14(2,3)15-12/h5-8,12,15H,4,9H2,1-3H3. The molecule has 0 bridgehead atoms.